The van der Waals surface area contributed by atoms with Gasteiger partial charge in [0.1, 0.15) is 0 Å². The minimum atomic E-state index is -0.924. The zero-order valence-corrected chi connectivity index (χ0v) is 8.45. The number of ether oxygens (including phenoxy) is 2. The van der Waals surface area contributed by atoms with Gasteiger partial charge in [-0.25, -0.2) is 0 Å². The lowest BCUT2D eigenvalue weighted by Crippen LogP contribution is -2.55. The first kappa shape index (κ1) is 8.62. The van der Waals surface area contributed by atoms with Crippen LogP contribution in [0.5, 0.6) is 0 Å². The summed E-state index contributed by atoms with van der Waals surface area (Å²) < 4.78 is 11.0. The first-order valence-corrected chi connectivity index (χ1v) is 5.11. The van der Waals surface area contributed by atoms with Gasteiger partial charge >= 0.3 is 0 Å². The molecule has 3 heteroatoms. The molecule has 0 N–H and O–H groups in total. The van der Waals surface area contributed by atoms with E-state index in [1.165, 1.54) is 5.57 Å². The zero-order valence-electron chi connectivity index (χ0n) is 8.45. The van der Waals surface area contributed by atoms with Gasteiger partial charge < -0.3 is 9.47 Å². The van der Waals surface area contributed by atoms with E-state index in [1.807, 2.05) is 0 Å². The van der Waals surface area contributed by atoms with Crippen LogP contribution < -0.4 is 0 Å². The van der Waals surface area contributed by atoms with E-state index in [-0.39, 0.29) is 17.6 Å². The van der Waals surface area contributed by atoms with Gasteiger partial charge in [0.2, 0.25) is 5.79 Å². The maximum Gasteiger partial charge on any atom is 0.236 e. The predicted molar refractivity (Wildman–Crippen MR) is 49.5 cm³/mol. The average molecular weight is 194 g/mol. The smallest absolute Gasteiger partial charge is 0.236 e. The molecule has 3 aliphatic carbocycles. The van der Waals surface area contributed by atoms with Gasteiger partial charge in [-0.1, -0.05) is 11.6 Å². The van der Waals surface area contributed by atoms with E-state index in [2.05, 4.69) is 13.0 Å². The summed E-state index contributed by atoms with van der Waals surface area (Å²) in [5.41, 5.74) is 1.27. The highest BCUT2D eigenvalue weighted by Gasteiger charge is 2.63. The van der Waals surface area contributed by atoms with Crippen LogP contribution in [0, 0.1) is 17.8 Å². The van der Waals surface area contributed by atoms with Crippen molar-refractivity contribution in [2.24, 2.45) is 17.8 Å². The normalized spacial score (nSPS) is 49.7. The third kappa shape index (κ3) is 0.743. The topological polar surface area (TPSA) is 35.5 Å². The van der Waals surface area contributed by atoms with Gasteiger partial charge in [-0.15, -0.1) is 0 Å². The van der Waals surface area contributed by atoms with Crippen molar-refractivity contribution in [1.29, 1.82) is 0 Å². The number of hydrogen-bond acceptors (Lipinski definition) is 3. The Morgan fingerprint density at radius 2 is 2.43 bits per heavy atom. The van der Waals surface area contributed by atoms with Crippen molar-refractivity contribution in [2.45, 2.75) is 19.1 Å². The molecule has 3 nitrogen and oxygen atoms in total. The van der Waals surface area contributed by atoms with Crippen molar-refractivity contribution in [2.75, 3.05) is 13.7 Å². The summed E-state index contributed by atoms with van der Waals surface area (Å²) in [6.45, 7) is 2.75. The Kier molecular flexibility index (Phi) is 1.52. The van der Waals surface area contributed by atoms with Gasteiger partial charge in [-0.05, 0) is 19.3 Å². The second kappa shape index (κ2) is 2.47. The molecular formula is C11H14O3. The molecule has 76 valence electrons. The van der Waals surface area contributed by atoms with Crippen LogP contribution >= 0.6 is 0 Å². The minimum Gasteiger partial charge on any atom is -0.346 e. The van der Waals surface area contributed by atoms with E-state index in [0.29, 0.717) is 12.5 Å². The summed E-state index contributed by atoms with van der Waals surface area (Å²) in [6, 6.07) is 0. The molecule has 1 heterocycles. The second-order valence-electron chi connectivity index (χ2n) is 4.54. The third-order valence-electron chi connectivity index (χ3n) is 3.89. The molecule has 1 aliphatic heterocycles. The second-order valence-corrected chi connectivity index (χ2v) is 4.54. The first-order valence-electron chi connectivity index (χ1n) is 5.11. The zero-order chi connectivity index (χ0) is 9.92. The average Bonchev–Trinajstić information content (AvgIpc) is 2.51. The van der Waals surface area contributed by atoms with Gasteiger partial charge in [0.15, 0.2) is 5.78 Å². The lowest BCUT2D eigenvalue weighted by Gasteiger charge is -2.44. The Hall–Kier alpha value is -0.670. The molecule has 4 aliphatic rings. The maximum atomic E-state index is 12.0. The lowest BCUT2D eigenvalue weighted by molar-refractivity contribution is -0.216. The van der Waals surface area contributed by atoms with Crippen molar-refractivity contribution in [3.05, 3.63) is 11.6 Å². The first-order chi connectivity index (χ1) is 6.69. The monoisotopic (exact) mass is 194 g/mol. The summed E-state index contributed by atoms with van der Waals surface area (Å²) in [5.74, 6) is -0.101. The Labute approximate surface area is 83.1 Å². The number of methoxy groups -OCH3 is 1. The van der Waals surface area contributed by atoms with Gasteiger partial charge in [0, 0.05) is 18.9 Å². The SMILES string of the molecule is CO[C@]12OC[C@@H]3C[C@@H](C=C(C)[C@@H]31)C2=O. The summed E-state index contributed by atoms with van der Waals surface area (Å²) >= 11 is 0. The van der Waals surface area contributed by atoms with Crippen LogP contribution in [0.4, 0.5) is 0 Å². The molecule has 0 aromatic rings. The number of hydrogen-bond donors (Lipinski definition) is 0. The highest BCUT2D eigenvalue weighted by molar-refractivity contribution is 5.93. The summed E-state index contributed by atoms with van der Waals surface area (Å²) in [5, 5.41) is 0. The van der Waals surface area contributed by atoms with Gasteiger partial charge in [-0.2, -0.15) is 0 Å². The number of rotatable bonds is 1. The lowest BCUT2D eigenvalue weighted by atomic mass is 9.63. The van der Waals surface area contributed by atoms with Crippen LogP contribution in [-0.2, 0) is 14.3 Å². The van der Waals surface area contributed by atoms with Crippen molar-refractivity contribution in [3.8, 4) is 0 Å². The van der Waals surface area contributed by atoms with E-state index in [1.54, 1.807) is 7.11 Å². The Bertz CT molecular complexity index is 333. The number of allylic oxidation sites excluding steroid dienone is 1. The number of ketones is 1. The van der Waals surface area contributed by atoms with E-state index in [4.69, 9.17) is 9.47 Å². The molecule has 4 bridgehead atoms. The van der Waals surface area contributed by atoms with Crippen LogP contribution in [-0.4, -0.2) is 25.3 Å². The molecule has 4 atom stereocenters. The standard InChI is InChI=1S/C11H14O3/c1-6-3-7-4-8-5-14-11(13-2,9(6)8)10(7)12/h3,7-9H,4-5H2,1-2H3/t7-,8+,9+,11+/m1/s1. The molecule has 1 saturated heterocycles. The fourth-order valence-corrected chi connectivity index (χ4v) is 3.37. The van der Waals surface area contributed by atoms with Crippen LogP contribution in [0.15, 0.2) is 11.6 Å². The van der Waals surface area contributed by atoms with Gasteiger partial charge in [-0.3, -0.25) is 4.79 Å². The summed E-state index contributed by atoms with van der Waals surface area (Å²) in [7, 11) is 1.58. The quantitative estimate of drug-likeness (QED) is 0.587. The van der Waals surface area contributed by atoms with Crippen LogP contribution in [0.2, 0.25) is 0 Å². The van der Waals surface area contributed by atoms with Crippen LogP contribution in [0.1, 0.15) is 13.3 Å². The van der Waals surface area contributed by atoms with Crippen molar-refractivity contribution < 1.29 is 14.3 Å². The van der Waals surface area contributed by atoms with E-state index in [0.717, 1.165) is 6.42 Å². The minimum absolute atomic E-state index is 0.0347. The molecule has 0 aromatic heterocycles. The summed E-state index contributed by atoms with van der Waals surface area (Å²) in [6.07, 6.45) is 3.04. The number of Topliss-reactive ketones (excluding diaryl/α,β-unsaturated/α-hetero) is 1. The molecule has 2 fully saturated rings. The van der Waals surface area contributed by atoms with E-state index < -0.39 is 5.79 Å². The van der Waals surface area contributed by atoms with Gasteiger partial charge in [0.05, 0.1) is 6.61 Å². The van der Waals surface area contributed by atoms with Crippen LogP contribution in [0.25, 0.3) is 0 Å². The highest BCUT2D eigenvalue weighted by atomic mass is 16.7. The maximum absolute atomic E-state index is 12.0. The van der Waals surface area contributed by atoms with Crippen LogP contribution in [0.3, 0.4) is 0 Å². The van der Waals surface area contributed by atoms with E-state index in [9.17, 15) is 4.79 Å². The van der Waals surface area contributed by atoms with E-state index >= 15 is 0 Å². The highest BCUT2D eigenvalue weighted by Crippen LogP contribution is 2.54. The fraction of sp³-hybridized carbons (Fsp3) is 0.727. The molecule has 0 spiro atoms. The van der Waals surface area contributed by atoms with Crippen molar-refractivity contribution >= 4 is 5.78 Å². The largest absolute Gasteiger partial charge is 0.346 e. The molecule has 0 radical (unpaired) electrons. The van der Waals surface area contributed by atoms with Crippen molar-refractivity contribution in [1.82, 2.24) is 0 Å². The number of carbonyl (C=O) groups is 1. The molecule has 1 saturated carbocycles. The Morgan fingerprint density at radius 3 is 3.07 bits per heavy atom. The fourth-order valence-electron chi connectivity index (χ4n) is 3.37. The summed E-state index contributed by atoms with van der Waals surface area (Å²) in [4.78, 5) is 12.0. The molecule has 0 amide bonds. The number of carbonyl (C=O) groups excluding carboxylic acids is 1. The predicted octanol–water partition coefficient (Wildman–Crippen LogP) is 1.14. The van der Waals surface area contributed by atoms with Gasteiger partial charge in [0.25, 0.3) is 0 Å². The molecule has 4 rings (SSSR count). The molecular weight excluding hydrogens is 180 g/mol. The molecule has 0 aromatic carbocycles. The Morgan fingerprint density at radius 1 is 1.64 bits per heavy atom. The molecule has 14 heavy (non-hydrogen) atoms. The third-order valence-corrected chi connectivity index (χ3v) is 3.89. The molecule has 0 unspecified atom stereocenters. The van der Waals surface area contributed by atoms with Crippen molar-refractivity contribution in [3.63, 3.8) is 0 Å². The Balaban J connectivity index is 2.16.